The van der Waals surface area contributed by atoms with Gasteiger partial charge in [0.2, 0.25) is 0 Å². The molecular formula is C9H16O4. The van der Waals surface area contributed by atoms with Crippen molar-refractivity contribution in [3.05, 3.63) is 0 Å². The normalized spacial score (nSPS) is 18.5. The van der Waals surface area contributed by atoms with Crippen molar-refractivity contribution in [1.82, 2.24) is 0 Å². The minimum Gasteiger partial charge on any atom is -0.479 e. The van der Waals surface area contributed by atoms with Crippen molar-refractivity contribution in [2.24, 2.45) is 5.92 Å². The molecule has 13 heavy (non-hydrogen) atoms. The van der Waals surface area contributed by atoms with Crippen LogP contribution < -0.4 is 0 Å². The van der Waals surface area contributed by atoms with Gasteiger partial charge < -0.3 is 14.6 Å². The van der Waals surface area contributed by atoms with Crippen LogP contribution >= 0.6 is 0 Å². The second kappa shape index (κ2) is 5.19. The summed E-state index contributed by atoms with van der Waals surface area (Å²) in [6.07, 6.45) is 2.15. The summed E-state index contributed by atoms with van der Waals surface area (Å²) in [6.45, 7) is 1.10. The van der Waals surface area contributed by atoms with Crippen LogP contribution in [-0.2, 0) is 14.3 Å². The van der Waals surface area contributed by atoms with Gasteiger partial charge in [0, 0.05) is 20.3 Å². The molecule has 0 radical (unpaired) electrons. The number of aliphatic carboxylic acids is 1. The molecule has 0 aromatic carbocycles. The molecule has 4 nitrogen and oxygen atoms in total. The zero-order valence-corrected chi connectivity index (χ0v) is 7.86. The summed E-state index contributed by atoms with van der Waals surface area (Å²) < 4.78 is 10.1. The Balaban J connectivity index is 2.11. The van der Waals surface area contributed by atoms with E-state index in [9.17, 15) is 4.79 Å². The monoisotopic (exact) mass is 188 g/mol. The van der Waals surface area contributed by atoms with Gasteiger partial charge in [0.1, 0.15) is 0 Å². The Morgan fingerprint density at radius 2 is 2.23 bits per heavy atom. The number of carboxylic acid groups (broad SMARTS) is 1. The van der Waals surface area contributed by atoms with Crippen molar-refractivity contribution in [2.75, 3.05) is 20.3 Å². The second-order valence-electron chi connectivity index (χ2n) is 3.31. The van der Waals surface area contributed by atoms with Gasteiger partial charge in [-0.25, -0.2) is 4.79 Å². The highest BCUT2D eigenvalue weighted by atomic mass is 16.5. The Bertz CT molecular complexity index is 165. The summed E-state index contributed by atoms with van der Waals surface area (Å²) >= 11 is 0. The van der Waals surface area contributed by atoms with Crippen molar-refractivity contribution >= 4 is 5.97 Å². The highest BCUT2D eigenvalue weighted by Gasteiger charge is 2.36. The zero-order valence-electron chi connectivity index (χ0n) is 7.86. The third-order valence-electron chi connectivity index (χ3n) is 2.08. The van der Waals surface area contributed by atoms with Crippen LogP contribution in [0.15, 0.2) is 0 Å². The molecule has 1 unspecified atom stereocenters. The summed E-state index contributed by atoms with van der Waals surface area (Å²) in [5.74, 6) is -0.583. The number of carbonyl (C=O) groups is 1. The zero-order chi connectivity index (χ0) is 9.68. The van der Waals surface area contributed by atoms with Gasteiger partial charge in [-0.2, -0.15) is 0 Å². The SMILES string of the molecule is COCCCOC(C(=O)O)C1CC1. The van der Waals surface area contributed by atoms with E-state index in [-0.39, 0.29) is 5.92 Å². The molecule has 0 heterocycles. The summed E-state index contributed by atoms with van der Waals surface area (Å²) in [4.78, 5) is 10.7. The van der Waals surface area contributed by atoms with Crippen LogP contribution in [-0.4, -0.2) is 37.5 Å². The molecule has 0 aromatic heterocycles. The minimum absolute atomic E-state index is 0.250. The molecule has 0 aliphatic heterocycles. The van der Waals surface area contributed by atoms with E-state index in [1.165, 1.54) is 0 Å². The average molecular weight is 188 g/mol. The maximum absolute atomic E-state index is 10.7. The molecule has 1 rings (SSSR count). The van der Waals surface area contributed by atoms with Gasteiger partial charge in [-0.05, 0) is 25.2 Å². The van der Waals surface area contributed by atoms with Crippen molar-refractivity contribution in [2.45, 2.75) is 25.4 Å². The predicted octanol–water partition coefficient (Wildman–Crippen LogP) is 0.903. The van der Waals surface area contributed by atoms with E-state index in [4.69, 9.17) is 14.6 Å². The van der Waals surface area contributed by atoms with Gasteiger partial charge in [0.05, 0.1) is 0 Å². The van der Waals surface area contributed by atoms with Crippen LogP contribution in [0.3, 0.4) is 0 Å². The van der Waals surface area contributed by atoms with Crippen LogP contribution in [0.25, 0.3) is 0 Å². The molecule has 1 aliphatic rings. The number of methoxy groups -OCH3 is 1. The predicted molar refractivity (Wildman–Crippen MR) is 46.6 cm³/mol. The second-order valence-corrected chi connectivity index (χ2v) is 3.31. The van der Waals surface area contributed by atoms with Crippen molar-refractivity contribution in [3.8, 4) is 0 Å². The number of rotatable bonds is 7. The van der Waals surface area contributed by atoms with Crippen LogP contribution in [0.5, 0.6) is 0 Å². The highest BCUT2D eigenvalue weighted by molar-refractivity contribution is 5.73. The maximum atomic E-state index is 10.7. The van der Waals surface area contributed by atoms with E-state index in [1.54, 1.807) is 7.11 Å². The molecular weight excluding hydrogens is 172 g/mol. The fourth-order valence-corrected chi connectivity index (χ4v) is 1.22. The van der Waals surface area contributed by atoms with E-state index in [0.717, 1.165) is 19.3 Å². The number of hydrogen-bond donors (Lipinski definition) is 1. The molecule has 1 saturated carbocycles. The number of hydrogen-bond acceptors (Lipinski definition) is 3. The van der Waals surface area contributed by atoms with Crippen molar-refractivity contribution < 1.29 is 19.4 Å². The third kappa shape index (κ3) is 3.74. The standard InChI is InChI=1S/C9H16O4/c1-12-5-2-6-13-8(9(10)11)7-3-4-7/h7-8H,2-6H2,1H3,(H,10,11). The number of carboxylic acids is 1. The Morgan fingerprint density at radius 1 is 1.54 bits per heavy atom. The van der Waals surface area contributed by atoms with Gasteiger partial charge in [0.15, 0.2) is 6.10 Å². The summed E-state index contributed by atoms with van der Waals surface area (Å²) in [5.41, 5.74) is 0. The fraction of sp³-hybridized carbons (Fsp3) is 0.889. The molecule has 1 fully saturated rings. The fourth-order valence-electron chi connectivity index (χ4n) is 1.22. The van der Waals surface area contributed by atoms with Crippen LogP contribution in [0.1, 0.15) is 19.3 Å². The van der Waals surface area contributed by atoms with Gasteiger partial charge in [-0.3, -0.25) is 0 Å². The molecule has 0 amide bonds. The van der Waals surface area contributed by atoms with Gasteiger partial charge in [-0.15, -0.1) is 0 Å². The number of ether oxygens (including phenoxy) is 2. The largest absolute Gasteiger partial charge is 0.479 e. The highest BCUT2D eigenvalue weighted by Crippen LogP contribution is 2.34. The topological polar surface area (TPSA) is 55.8 Å². The molecule has 1 atom stereocenters. The van der Waals surface area contributed by atoms with Crippen molar-refractivity contribution in [1.29, 1.82) is 0 Å². The van der Waals surface area contributed by atoms with E-state index in [2.05, 4.69) is 0 Å². The molecule has 1 aliphatic carbocycles. The van der Waals surface area contributed by atoms with E-state index in [1.807, 2.05) is 0 Å². The lowest BCUT2D eigenvalue weighted by Crippen LogP contribution is -2.26. The first-order valence-corrected chi connectivity index (χ1v) is 4.59. The summed E-state index contributed by atoms with van der Waals surface area (Å²) in [7, 11) is 1.62. The molecule has 1 N–H and O–H groups in total. The first kappa shape index (κ1) is 10.5. The lowest BCUT2D eigenvalue weighted by atomic mass is 10.2. The van der Waals surface area contributed by atoms with Crippen LogP contribution in [0.2, 0.25) is 0 Å². The molecule has 0 bridgehead atoms. The molecule has 4 heteroatoms. The van der Waals surface area contributed by atoms with Crippen LogP contribution in [0, 0.1) is 5.92 Å². The van der Waals surface area contributed by atoms with E-state index in [0.29, 0.717) is 13.2 Å². The Kier molecular flexibility index (Phi) is 4.18. The first-order chi connectivity index (χ1) is 6.25. The maximum Gasteiger partial charge on any atom is 0.333 e. The summed E-state index contributed by atoms with van der Waals surface area (Å²) in [6, 6.07) is 0. The smallest absolute Gasteiger partial charge is 0.333 e. The van der Waals surface area contributed by atoms with Gasteiger partial charge in [-0.1, -0.05) is 0 Å². The summed E-state index contributed by atoms with van der Waals surface area (Å²) in [5, 5.41) is 8.78. The lowest BCUT2D eigenvalue weighted by molar-refractivity contribution is -0.152. The first-order valence-electron chi connectivity index (χ1n) is 4.59. The minimum atomic E-state index is -0.833. The van der Waals surface area contributed by atoms with Gasteiger partial charge >= 0.3 is 5.97 Å². The third-order valence-corrected chi connectivity index (χ3v) is 2.08. The Hall–Kier alpha value is -0.610. The van der Waals surface area contributed by atoms with Gasteiger partial charge in [0.25, 0.3) is 0 Å². The molecule has 0 saturated heterocycles. The van der Waals surface area contributed by atoms with E-state index < -0.39 is 12.1 Å². The lowest BCUT2D eigenvalue weighted by Gasteiger charge is -2.11. The van der Waals surface area contributed by atoms with Crippen molar-refractivity contribution in [3.63, 3.8) is 0 Å². The Morgan fingerprint density at radius 3 is 2.69 bits per heavy atom. The molecule has 0 aromatic rings. The van der Waals surface area contributed by atoms with Crippen LogP contribution in [0.4, 0.5) is 0 Å². The quantitative estimate of drug-likeness (QED) is 0.603. The average Bonchev–Trinajstić information content (AvgIpc) is 2.87. The molecule has 0 spiro atoms. The van der Waals surface area contributed by atoms with E-state index >= 15 is 0 Å². The Labute approximate surface area is 77.8 Å². The molecule has 76 valence electrons.